The Labute approximate surface area is 114 Å². The summed E-state index contributed by atoms with van der Waals surface area (Å²) in [5, 5.41) is 6.32. The van der Waals surface area contributed by atoms with E-state index in [1.165, 1.54) is 19.3 Å². The summed E-state index contributed by atoms with van der Waals surface area (Å²) < 4.78 is 0. The van der Waals surface area contributed by atoms with Crippen molar-refractivity contribution in [2.75, 3.05) is 26.2 Å². The molecule has 106 valence electrons. The van der Waals surface area contributed by atoms with Crippen molar-refractivity contribution in [3.05, 3.63) is 0 Å². The maximum atomic E-state index is 12.4. The van der Waals surface area contributed by atoms with E-state index in [4.69, 9.17) is 0 Å². The third kappa shape index (κ3) is 2.76. The molecule has 0 spiro atoms. The molecule has 0 aliphatic carbocycles. The van der Waals surface area contributed by atoms with Crippen LogP contribution in [0.2, 0.25) is 0 Å². The molecule has 19 heavy (non-hydrogen) atoms. The Hall–Kier alpha value is -1.10. The average molecular weight is 265 g/mol. The molecule has 5 nitrogen and oxygen atoms in total. The molecule has 0 aromatic rings. The van der Waals surface area contributed by atoms with Gasteiger partial charge in [-0.3, -0.25) is 9.59 Å². The summed E-state index contributed by atoms with van der Waals surface area (Å²) in [6.07, 6.45) is 5.21. The SMILES string of the molecule is O=C1CC(C(=O)N2CCCC(C3CCCN3)C2)CN1. The minimum atomic E-state index is -0.122. The molecule has 3 aliphatic rings. The fraction of sp³-hybridized carbons (Fsp3) is 0.857. The van der Waals surface area contributed by atoms with Gasteiger partial charge in [0.1, 0.15) is 0 Å². The van der Waals surface area contributed by atoms with Crippen molar-refractivity contribution >= 4 is 11.8 Å². The zero-order valence-electron chi connectivity index (χ0n) is 11.4. The van der Waals surface area contributed by atoms with E-state index in [0.29, 0.717) is 24.9 Å². The molecule has 0 saturated carbocycles. The monoisotopic (exact) mass is 265 g/mol. The van der Waals surface area contributed by atoms with Gasteiger partial charge < -0.3 is 15.5 Å². The lowest BCUT2D eigenvalue weighted by molar-refractivity contribution is -0.137. The van der Waals surface area contributed by atoms with Crippen molar-refractivity contribution in [3.63, 3.8) is 0 Å². The first-order chi connectivity index (χ1) is 9.24. The van der Waals surface area contributed by atoms with Gasteiger partial charge in [0.2, 0.25) is 11.8 Å². The molecule has 3 rings (SSSR count). The van der Waals surface area contributed by atoms with Crippen LogP contribution in [0.4, 0.5) is 0 Å². The number of likely N-dealkylation sites (tertiary alicyclic amines) is 1. The molecule has 5 heteroatoms. The molecule has 0 aromatic heterocycles. The van der Waals surface area contributed by atoms with Crippen LogP contribution in [0.1, 0.15) is 32.1 Å². The van der Waals surface area contributed by atoms with E-state index in [2.05, 4.69) is 10.6 Å². The van der Waals surface area contributed by atoms with Crippen molar-refractivity contribution in [3.8, 4) is 0 Å². The van der Waals surface area contributed by atoms with Crippen LogP contribution in [0.3, 0.4) is 0 Å². The fourth-order valence-corrected chi connectivity index (χ4v) is 3.69. The second-order valence-corrected chi connectivity index (χ2v) is 6.09. The number of hydrogen-bond acceptors (Lipinski definition) is 3. The van der Waals surface area contributed by atoms with Crippen molar-refractivity contribution in [2.24, 2.45) is 11.8 Å². The van der Waals surface area contributed by atoms with E-state index in [-0.39, 0.29) is 17.7 Å². The first kappa shape index (κ1) is 12.9. The number of nitrogens with zero attached hydrogens (tertiary/aromatic N) is 1. The molecular formula is C14H23N3O2. The van der Waals surface area contributed by atoms with Crippen LogP contribution >= 0.6 is 0 Å². The molecular weight excluding hydrogens is 242 g/mol. The summed E-state index contributed by atoms with van der Waals surface area (Å²) in [4.78, 5) is 25.6. The summed E-state index contributed by atoms with van der Waals surface area (Å²) in [5.41, 5.74) is 0. The predicted molar refractivity (Wildman–Crippen MR) is 71.4 cm³/mol. The highest BCUT2D eigenvalue weighted by Gasteiger charge is 2.35. The summed E-state index contributed by atoms with van der Waals surface area (Å²) in [6.45, 7) is 3.39. The van der Waals surface area contributed by atoms with Crippen LogP contribution in [-0.2, 0) is 9.59 Å². The lowest BCUT2D eigenvalue weighted by Crippen LogP contribution is -2.47. The number of piperidine rings is 1. The Morgan fingerprint density at radius 2 is 2.16 bits per heavy atom. The number of nitrogens with one attached hydrogen (secondary N) is 2. The van der Waals surface area contributed by atoms with Crippen LogP contribution < -0.4 is 10.6 Å². The smallest absolute Gasteiger partial charge is 0.227 e. The van der Waals surface area contributed by atoms with Crippen LogP contribution in [0, 0.1) is 11.8 Å². The highest BCUT2D eigenvalue weighted by atomic mass is 16.2. The van der Waals surface area contributed by atoms with Gasteiger partial charge in [0, 0.05) is 32.1 Å². The normalized spacial score (nSPS) is 35.5. The summed E-state index contributed by atoms with van der Waals surface area (Å²) >= 11 is 0. The van der Waals surface area contributed by atoms with Gasteiger partial charge in [-0.05, 0) is 38.1 Å². The second-order valence-electron chi connectivity index (χ2n) is 6.09. The lowest BCUT2D eigenvalue weighted by Gasteiger charge is -2.36. The van der Waals surface area contributed by atoms with Crippen LogP contribution in [-0.4, -0.2) is 48.9 Å². The molecule has 0 aromatic carbocycles. The number of hydrogen-bond donors (Lipinski definition) is 2. The van der Waals surface area contributed by atoms with Crippen molar-refractivity contribution in [1.82, 2.24) is 15.5 Å². The Bertz CT molecular complexity index is 366. The minimum absolute atomic E-state index is 0.0179. The maximum Gasteiger partial charge on any atom is 0.227 e. The summed E-state index contributed by atoms with van der Waals surface area (Å²) in [5.74, 6) is 0.679. The fourth-order valence-electron chi connectivity index (χ4n) is 3.69. The van der Waals surface area contributed by atoms with E-state index >= 15 is 0 Å². The van der Waals surface area contributed by atoms with E-state index in [9.17, 15) is 9.59 Å². The van der Waals surface area contributed by atoms with Crippen LogP contribution in [0.5, 0.6) is 0 Å². The molecule has 3 aliphatic heterocycles. The predicted octanol–water partition coefficient (Wildman–Crippen LogP) is 0.113. The number of carbonyl (C=O) groups is 2. The van der Waals surface area contributed by atoms with Gasteiger partial charge in [-0.15, -0.1) is 0 Å². The molecule has 3 atom stereocenters. The Balaban J connectivity index is 1.58. The molecule has 3 fully saturated rings. The maximum absolute atomic E-state index is 12.4. The van der Waals surface area contributed by atoms with E-state index in [1.807, 2.05) is 4.90 Å². The highest BCUT2D eigenvalue weighted by molar-refractivity contribution is 5.89. The zero-order chi connectivity index (χ0) is 13.2. The van der Waals surface area contributed by atoms with Gasteiger partial charge in [-0.25, -0.2) is 0 Å². The highest BCUT2D eigenvalue weighted by Crippen LogP contribution is 2.26. The summed E-state index contributed by atoms with van der Waals surface area (Å²) in [6, 6.07) is 0.596. The van der Waals surface area contributed by atoms with Gasteiger partial charge in [-0.1, -0.05) is 0 Å². The van der Waals surface area contributed by atoms with E-state index in [0.717, 1.165) is 26.1 Å². The Morgan fingerprint density at radius 1 is 1.26 bits per heavy atom. The van der Waals surface area contributed by atoms with Gasteiger partial charge >= 0.3 is 0 Å². The van der Waals surface area contributed by atoms with Crippen LogP contribution in [0.25, 0.3) is 0 Å². The molecule has 3 heterocycles. The Kier molecular flexibility index (Phi) is 3.73. The van der Waals surface area contributed by atoms with Gasteiger partial charge in [0.15, 0.2) is 0 Å². The van der Waals surface area contributed by atoms with Crippen molar-refractivity contribution < 1.29 is 9.59 Å². The largest absolute Gasteiger partial charge is 0.355 e. The summed E-state index contributed by atoms with van der Waals surface area (Å²) in [7, 11) is 0. The quantitative estimate of drug-likeness (QED) is 0.745. The van der Waals surface area contributed by atoms with Crippen molar-refractivity contribution in [1.29, 1.82) is 0 Å². The number of carbonyl (C=O) groups excluding carboxylic acids is 2. The van der Waals surface area contributed by atoms with E-state index in [1.54, 1.807) is 0 Å². The van der Waals surface area contributed by atoms with Gasteiger partial charge in [0.05, 0.1) is 5.92 Å². The van der Waals surface area contributed by atoms with Gasteiger partial charge in [0.25, 0.3) is 0 Å². The molecule has 0 radical (unpaired) electrons. The topological polar surface area (TPSA) is 61.4 Å². The molecule has 2 amide bonds. The first-order valence-corrected chi connectivity index (χ1v) is 7.53. The molecule has 3 saturated heterocycles. The van der Waals surface area contributed by atoms with Crippen LogP contribution in [0.15, 0.2) is 0 Å². The number of amides is 2. The zero-order valence-corrected chi connectivity index (χ0v) is 11.4. The third-order valence-corrected chi connectivity index (χ3v) is 4.76. The van der Waals surface area contributed by atoms with Gasteiger partial charge in [-0.2, -0.15) is 0 Å². The average Bonchev–Trinajstić information content (AvgIpc) is 3.09. The number of rotatable bonds is 2. The third-order valence-electron chi connectivity index (χ3n) is 4.76. The molecule has 3 unspecified atom stereocenters. The minimum Gasteiger partial charge on any atom is -0.355 e. The van der Waals surface area contributed by atoms with Crippen molar-refractivity contribution in [2.45, 2.75) is 38.1 Å². The molecule has 2 N–H and O–H groups in total. The molecule has 0 bridgehead atoms. The lowest BCUT2D eigenvalue weighted by atomic mass is 9.89. The standard InChI is InChI=1S/C14H23N3O2/c18-13-7-11(8-16-13)14(19)17-6-2-3-10(9-17)12-4-1-5-15-12/h10-12,15H,1-9H2,(H,16,18). The second kappa shape index (κ2) is 5.49. The Morgan fingerprint density at radius 3 is 2.84 bits per heavy atom. The first-order valence-electron chi connectivity index (χ1n) is 7.53. The van der Waals surface area contributed by atoms with E-state index < -0.39 is 0 Å².